The summed E-state index contributed by atoms with van der Waals surface area (Å²) in [5, 5.41) is 7.97. The number of anilines is 1. The van der Waals surface area contributed by atoms with E-state index >= 15 is 0 Å². The molecule has 1 aliphatic rings. The molecule has 1 aliphatic heterocycles. The van der Waals surface area contributed by atoms with E-state index in [-0.39, 0.29) is 0 Å². The van der Waals surface area contributed by atoms with E-state index in [1.807, 2.05) is 24.3 Å². The zero-order chi connectivity index (χ0) is 18.3. The fourth-order valence-corrected chi connectivity index (χ4v) is 3.20. The topological polar surface area (TPSA) is 39.1 Å². The van der Waals surface area contributed by atoms with Crippen molar-refractivity contribution in [2.24, 2.45) is 0 Å². The summed E-state index contributed by atoms with van der Waals surface area (Å²) in [6.45, 7) is 0.760. The summed E-state index contributed by atoms with van der Waals surface area (Å²) in [5.41, 5.74) is 2.45. The van der Waals surface area contributed by atoms with Crippen LogP contribution in [-0.4, -0.2) is 23.4 Å². The molecule has 0 radical (unpaired) electrons. The molecule has 0 bridgehead atoms. The molecule has 0 saturated carbocycles. The maximum atomic E-state index is 12.8. The molecule has 0 spiro atoms. The maximum Gasteiger partial charge on any atom is 0.416 e. The zero-order valence-corrected chi connectivity index (χ0v) is 14.0. The molecule has 4 rings (SSSR count). The zero-order valence-electron chi connectivity index (χ0n) is 14.0. The number of nitrogens with zero attached hydrogens (tertiary/aromatic N) is 2. The van der Waals surface area contributed by atoms with Crippen molar-refractivity contribution in [1.29, 1.82) is 0 Å². The van der Waals surface area contributed by atoms with Crippen molar-refractivity contribution < 1.29 is 17.9 Å². The minimum Gasteiger partial charge on any atom is -0.494 e. The molecule has 1 aromatic heterocycles. The van der Waals surface area contributed by atoms with Crippen LogP contribution in [-0.2, 0) is 12.6 Å². The average Bonchev–Trinajstić information content (AvgIpc) is 3.23. The summed E-state index contributed by atoms with van der Waals surface area (Å²) in [4.78, 5) is 0. The molecule has 0 fully saturated rings. The number of rotatable bonds is 3. The lowest BCUT2D eigenvalue weighted by Gasteiger charge is -2.10. The largest absolute Gasteiger partial charge is 0.494 e. The van der Waals surface area contributed by atoms with Gasteiger partial charge in [-0.3, -0.25) is 0 Å². The van der Waals surface area contributed by atoms with Crippen LogP contribution in [0.25, 0.3) is 16.9 Å². The molecule has 0 saturated heterocycles. The number of fused-ring (bicyclic) bond motifs is 1. The van der Waals surface area contributed by atoms with E-state index in [2.05, 4.69) is 10.4 Å². The van der Waals surface area contributed by atoms with Gasteiger partial charge in [-0.2, -0.15) is 18.3 Å². The molecule has 3 aromatic rings. The number of nitrogens with one attached hydrogen (secondary N) is 1. The molecule has 7 heteroatoms. The Morgan fingerprint density at radius 3 is 2.50 bits per heavy atom. The highest BCUT2D eigenvalue weighted by Crippen LogP contribution is 2.37. The summed E-state index contributed by atoms with van der Waals surface area (Å²) < 4.78 is 45.6. The van der Waals surface area contributed by atoms with E-state index in [1.54, 1.807) is 11.8 Å². The Morgan fingerprint density at radius 1 is 1.08 bits per heavy atom. The highest BCUT2D eigenvalue weighted by Gasteiger charge is 2.31. The van der Waals surface area contributed by atoms with Gasteiger partial charge in [0, 0.05) is 17.7 Å². The van der Waals surface area contributed by atoms with Gasteiger partial charge >= 0.3 is 6.18 Å². The molecule has 2 aromatic carbocycles. The molecule has 26 heavy (non-hydrogen) atoms. The second-order valence-electron chi connectivity index (χ2n) is 6.01. The number of benzene rings is 2. The molecule has 0 atom stereocenters. The first-order chi connectivity index (χ1) is 12.5. The third-order valence-corrected chi connectivity index (χ3v) is 4.45. The third kappa shape index (κ3) is 2.69. The molecule has 2 heterocycles. The lowest BCUT2D eigenvalue weighted by molar-refractivity contribution is -0.137. The van der Waals surface area contributed by atoms with Crippen LogP contribution in [0, 0.1) is 0 Å². The number of halogens is 3. The van der Waals surface area contributed by atoms with Gasteiger partial charge in [0.05, 0.1) is 18.4 Å². The predicted molar refractivity (Wildman–Crippen MR) is 92.7 cm³/mol. The Balaban J connectivity index is 1.82. The summed E-state index contributed by atoms with van der Waals surface area (Å²) >= 11 is 0. The summed E-state index contributed by atoms with van der Waals surface area (Å²) in [6, 6.07) is 12.6. The van der Waals surface area contributed by atoms with Gasteiger partial charge in [-0.25, -0.2) is 4.68 Å². The smallest absolute Gasteiger partial charge is 0.416 e. The van der Waals surface area contributed by atoms with E-state index < -0.39 is 11.7 Å². The van der Waals surface area contributed by atoms with Crippen LogP contribution >= 0.6 is 0 Å². The molecule has 134 valence electrons. The first-order valence-corrected chi connectivity index (χ1v) is 8.16. The molecule has 0 amide bonds. The predicted octanol–water partition coefficient (Wildman–Crippen LogP) is 4.53. The Bertz CT molecular complexity index is 946. The summed E-state index contributed by atoms with van der Waals surface area (Å²) in [6.07, 6.45) is -3.58. The number of aromatic nitrogens is 2. The first kappa shape index (κ1) is 16.5. The van der Waals surface area contributed by atoms with Gasteiger partial charge in [-0.1, -0.05) is 24.3 Å². The minimum atomic E-state index is -4.35. The van der Waals surface area contributed by atoms with Gasteiger partial charge in [-0.15, -0.1) is 0 Å². The van der Waals surface area contributed by atoms with E-state index in [0.717, 1.165) is 42.2 Å². The van der Waals surface area contributed by atoms with Crippen LogP contribution in [0.3, 0.4) is 0 Å². The van der Waals surface area contributed by atoms with Crippen molar-refractivity contribution in [3.05, 3.63) is 59.7 Å². The quantitative estimate of drug-likeness (QED) is 0.747. The lowest BCUT2D eigenvalue weighted by Crippen LogP contribution is -2.06. The van der Waals surface area contributed by atoms with Crippen molar-refractivity contribution in [2.45, 2.75) is 12.6 Å². The average molecular weight is 359 g/mol. The molecular weight excluding hydrogens is 343 g/mol. The van der Waals surface area contributed by atoms with Gasteiger partial charge in [0.2, 0.25) is 0 Å². The first-order valence-electron chi connectivity index (χ1n) is 8.16. The Labute approximate surface area is 148 Å². The highest BCUT2D eigenvalue weighted by atomic mass is 19.4. The Morgan fingerprint density at radius 2 is 1.81 bits per heavy atom. The molecule has 0 aliphatic carbocycles. The fraction of sp³-hybridized carbons (Fsp3) is 0.211. The van der Waals surface area contributed by atoms with E-state index in [4.69, 9.17) is 4.74 Å². The van der Waals surface area contributed by atoms with Gasteiger partial charge in [0.1, 0.15) is 17.3 Å². The number of hydrogen-bond acceptors (Lipinski definition) is 3. The lowest BCUT2D eigenvalue weighted by atomic mass is 10.0. The number of hydrogen-bond donors (Lipinski definition) is 1. The highest BCUT2D eigenvalue weighted by molar-refractivity contribution is 5.73. The van der Waals surface area contributed by atoms with E-state index in [1.165, 1.54) is 12.1 Å². The van der Waals surface area contributed by atoms with Gasteiger partial charge < -0.3 is 10.1 Å². The van der Waals surface area contributed by atoms with E-state index in [0.29, 0.717) is 17.0 Å². The second-order valence-corrected chi connectivity index (χ2v) is 6.01. The monoisotopic (exact) mass is 359 g/mol. The molecule has 1 N–H and O–H groups in total. The number of methoxy groups -OCH3 is 1. The second kappa shape index (κ2) is 6.09. The molecule has 0 unspecified atom stereocenters. The van der Waals surface area contributed by atoms with Crippen LogP contribution in [0.1, 0.15) is 11.1 Å². The molecular formula is C19H16F3N3O. The standard InChI is InChI=1S/C19H16F3N3O/c1-26-16-5-3-2-4-15(16)25-18-14(10-11-23-18)17(24-25)12-6-8-13(9-7-12)19(20,21)22/h2-9,23H,10-11H2,1H3. The van der Waals surface area contributed by atoms with Crippen molar-refractivity contribution in [3.8, 4) is 22.7 Å². The number of para-hydroxylation sites is 2. The van der Waals surface area contributed by atoms with Crippen molar-refractivity contribution in [3.63, 3.8) is 0 Å². The van der Waals surface area contributed by atoms with Crippen LogP contribution in [0.4, 0.5) is 19.0 Å². The molecule has 4 nitrogen and oxygen atoms in total. The maximum absolute atomic E-state index is 12.8. The van der Waals surface area contributed by atoms with Crippen LogP contribution in [0.15, 0.2) is 48.5 Å². The Kier molecular flexibility index (Phi) is 3.86. The number of ether oxygens (including phenoxy) is 1. The van der Waals surface area contributed by atoms with Crippen LogP contribution in [0.2, 0.25) is 0 Å². The Hall–Kier alpha value is -2.96. The van der Waals surface area contributed by atoms with Gasteiger partial charge in [0.15, 0.2) is 0 Å². The SMILES string of the molecule is COc1ccccc1-n1nc(-c2ccc(C(F)(F)F)cc2)c2c1NCC2. The normalized spacial score (nSPS) is 13.4. The fourth-order valence-electron chi connectivity index (χ4n) is 3.20. The minimum absolute atomic E-state index is 0.659. The number of alkyl halides is 3. The van der Waals surface area contributed by atoms with Crippen molar-refractivity contribution >= 4 is 5.82 Å². The summed E-state index contributed by atoms with van der Waals surface area (Å²) in [5.74, 6) is 1.52. The van der Waals surface area contributed by atoms with Gasteiger partial charge in [0.25, 0.3) is 0 Å². The van der Waals surface area contributed by atoms with Crippen molar-refractivity contribution in [1.82, 2.24) is 9.78 Å². The van der Waals surface area contributed by atoms with E-state index in [9.17, 15) is 13.2 Å². The van der Waals surface area contributed by atoms with Crippen LogP contribution < -0.4 is 10.1 Å². The summed E-state index contributed by atoms with van der Waals surface area (Å²) in [7, 11) is 1.59. The van der Waals surface area contributed by atoms with Crippen LogP contribution in [0.5, 0.6) is 5.75 Å². The van der Waals surface area contributed by atoms with Crippen molar-refractivity contribution in [2.75, 3.05) is 19.0 Å². The van der Waals surface area contributed by atoms with Gasteiger partial charge in [-0.05, 0) is 30.7 Å². The third-order valence-electron chi connectivity index (χ3n) is 4.45.